The van der Waals surface area contributed by atoms with Gasteiger partial charge in [0.05, 0.1) is 27.5 Å². The molecular formula is C24H24N2O5. The van der Waals surface area contributed by atoms with Gasteiger partial charge >= 0.3 is 0 Å². The third-order valence-electron chi connectivity index (χ3n) is 4.42. The summed E-state index contributed by atoms with van der Waals surface area (Å²) in [6.45, 7) is 1.91. The Hall–Kier alpha value is -4.00. The highest BCUT2D eigenvalue weighted by molar-refractivity contribution is 6.02. The third-order valence-corrected chi connectivity index (χ3v) is 4.42. The van der Waals surface area contributed by atoms with Crippen LogP contribution < -0.4 is 24.3 Å². The maximum atomic E-state index is 12.4. The second kappa shape index (κ2) is 10.2. The van der Waals surface area contributed by atoms with Crippen molar-refractivity contribution in [3.05, 3.63) is 72.1 Å². The summed E-state index contributed by atoms with van der Waals surface area (Å²) < 4.78 is 21.8. The van der Waals surface area contributed by atoms with Crippen molar-refractivity contribution in [1.29, 1.82) is 0 Å². The van der Waals surface area contributed by atoms with E-state index in [9.17, 15) is 4.79 Å². The predicted octanol–water partition coefficient (Wildman–Crippen LogP) is 4.86. The van der Waals surface area contributed by atoms with Gasteiger partial charge in [-0.05, 0) is 66.6 Å². The number of amides is 1. The number of carbonyl (C=O) groups excluding carboxylic acids is 1. The third kappa shape index (κ3) is 5.54. The Morgan fingerprint density at radius 2 is 1.71 bits per heavy atom. The highest BCUT2D eigenvalue weighted by Crippen LogP contribution is 2.38. The van der Waals surface area contributed by atoms with Crippen LogP contribution in [-0.4, -0.2) is 32.2 Å². The molecule has 0 aliphatic rings. The number of rotatable bonds is 8. The Bertz CT molecular complexity index is 1060. The Balaban J connectivity index is 1.69. The van der Waals surface area contributed by atoms with Gasteiger partial charge in [-0.2, -0.15) is 0 Å². The van der Waals surface area contributed by atoms with Crippen LogP contribution >= 0.6 is 0 Å². The summed E-state index contributed by atoms with van der Waals surface area (Å²) in [5, 5.41) is 2.84. The molecule has 0 saturated heterocycles. The maximum absolute atomic E-state index is 12.4. The lowest BCUT2D eigenvalue weighted by Crippen LogP contribution is -2.08. The Morgan fingerprint density at radius 1 is 0.968 bits per heavy atom. The van der Waals surface area contributed by atoms with Crippen molar-refractivity contribution in [1.82, 2.24) is 4.98 Å². The first-order valence-electron chi connectivity index (χ1n) is 9.51. The summed E-state index contributed by atoms with van der Waals surface area (Å²) in [6, 6.07) is 12.6. The van der Waals surface area contributed by atoms with Crippen molar-refractivity contribution in [2.24, 2.45) is 0 Å². The van der Waals surface area contributed by atoms with Gasteiger partial charge in [-0.15, -0.1) is 0 Å². The molecule has 1 heterocycles. The minimum Gasteiger partial charge on any atom is -0.493 e. The average molecular weight is 420 g/mol. The monoisotopic (exact) mass is 420 g/mol. The molecule has 1 aromatic heterocycles. The molecule has 0 radical (unpaired) electrons. The van der Waals surface area contributed by atoms with E-state index in [0.717, 1.165) is 11.1 Å². The first-order chi connectivity index (χ1) is 15.0. The first kappa shape index (κ1) is 21.7. The maximum Gasteiger partial charge on any atom is 0.248 e. The molecule has 160 valence electrons. The largest absolute Gasteiger partial charge is 0.493 e. The number of aryl methyl sites for hydroxylation is 1. The van der Waals surface area contributed by atoms with Crippen molar-refractivity contribution in [3.63, 3.8) is 0 Å². The van der Waals surface area contributed by atoms with Crippen LogP contribution in [0, 0.1) is 6.92 Å². The van der Waals surface area contributed by atoms with E-state index in [1.165, 1.54) is 6.08 Å². The minimum absolute atomic E-state index is 0.269. The Kier molecular flexibility index (Phi) is 7.11. The normalized spacial score (nSPS) is 10.6. The van der Waals surface area contributed by atoms with Crippen LogP contribution in [-0.2, 0) is 4.79 Å². The summed E-state index contributed by atoms with van der Waals surface area (Å²) in [4.78, 5) is 16.4. The van der Waals surface area contributed by atoms with Gasteiger partial charge in [-0.25, -0.2) is 0 Å². The summed E-state index contributed by atoms with van der Waals surface area (Å²) in [6.07, 6.45) is 6.44. The number of nitrogens with one attached hydrogen (secondary N) is 1. The van der Waals surface area contributed by atoms with E-state index in [-0.39, 0.29) is 5.91 Å². The SMILES string of the molecule is COc1cc(/C=C/C(=O)Nc2ccc(Oc3cccnc3)c(C)c2)cc(OC)c1OC. The summed E-state index contributed by atoms with van der Waals surface area (Å²) in [7, 11) is 4.63. The summed E-state index contributed by atoms with van der Waals surface area (Å²) >= 11 is 0. The van der Waals surface area contributed by atoms with Gasteiger partial charge in [0.15, 0.2) is 11.5 Å². The number of aromatic nitrogens is 1. The Morgan fingerprint density at radius 3 is 2.29 bits per heavy atom. The fourth-order valence-corrected chi connectivity index (χ4v) is 2.93. The second-order valence-corrected chi connectivity index (χ2v) is 6.55. The van der Waals surface area contributed by atoms with E-state index in [1.807, 2.05) is 19.1 Å². The summed E-state index contributed by atoms with van der Waals surface area (Å²) in [5.41, 5.74) is 2.28. The molecule has 0 bridgehead atoms. The number of anilines is 1. The zero-order valence-electron chi connectivity index (χ0n) is 17.8. The van der Waals surface area contributed by atoms with Crippen molar-refractivity contribution in [2.75, 3.05) is 26.6 Å². The van der Waals surface area contributed by atoms with Gasteiger partial charge in [0, 0.05) is 18.0 Å². The van der Waals surface area contributed by atoms with E-state index in [4.69, 9.17) is 18.9 Å². The van der Waals surface area contributed by atoms with Gasteiger partial charge in [-0.3, -0.25) is 9.78 Å². The molecule has 0 spiro atoms. The number of methoxy groups -OCH3 is 3. The molecule has 0 fully saturated rings. The highest BCUT2D eigenvalue weighted by Gasteiger charge is 2.12. The lowest BCUT2D eigenvalue weighted by atomic mass is 10.1. The molecule has 1 amide bonds. The van der Waals surface area contributed by atoms with E-state index in [0.29, 0.717) is 34.4 Å². The quantitative estimate of drug-likeness (QED) is 0.524. The number of hydrogen-bond donors (Lipinski definition) is 1. The first-order valence-corrected chi connectivity index (χ1v) is 9.51. The van der Waals surface area contributed by atoms with E-state index < -0.39 is 0 Å². The molecule has 0 unspecified atom stereocenters. The lowest BCUT2D eigenvalue weighted by Gasteiger charge is -2.12. The second-order valence-electron chi connectivity index (χ2n) is 6.55. The molecule has 0 atom stereocenters. The van der Waals surface area contributed by atoms with Crippen LogP contribution in [0.2, 0.25) is 0 Å². The number of pyridine rings is 1. The van der Waals surface area contributed by atoms with Crippen LogP contribution in [0.3, 0.4) is 0 Å². The topological polar surface area (TPSA) is 78.9 Å². The fraction of sp³-hybridized carbons (Fsp3) is 0.167. The Labute approximate surface area is 181 Å². The molecule has 0 aliphatic heterocycles. The predicted molar refractivity (Wildman–Crippen MR) is 119 cm³/mol. The number of benzene rings is 2. The molecule has 3 aromatic rings. The van der Waals surface area contributed by atoms with E-state index in [2.05, 4.69) is 10.3 Å². The zero-order valence-corrected chi connectivity index (χ0v) is 17.8. The average Bonchev–Trinajstić information content (AvgIpc) is 2.79. The fourth-order valence-electron chi connectivity index (χ4n) is 2.93. The number of nitrogens with zero attached hydrogens (tertiary/aromatic N) is 1. The van der Waals surface area contributed by atoms with E-state index >= 15 is 0 Å². The van der Waals surface area contributed by atoms with Crippen molar-refractivity contribution in [2.45, 2.75) is 6.92 Å². The van der Waals surface area contributed by atoms with E-state index in [1.54, 1.807) is 70.1 Å². The van der Waals surface area contributed by atoms with Gasteiger partial charge < -0.3 is 24.3 Å². The summed E-state index contributed by atoms with van der Waals surface area (Å²) in [5.74, 6) is 2.60. The van der Waals surface area contributed by atoms with Gasteiger partial charge in [-0.1, -0.05) is 0 Å². The zero-order chi connectivity index (χ0) is 22.2. The lowest BCUT2D eigenvalue weighted by molar-refractivity contribution is -0.111. The van der Waals surface area contributed by atoms with Crippen LogP contribution in [0.1, 0.15) is 11.1 Å². The smallest absolute Gasteiger partial charge is 0.248 e. The standard InChI is InChI=1S/C24H24N2O5/c1-16-12-18(8-9-20(16)31-19-6-5-11-25-15-19)26-23(27)10-7-17-13-21(28-2)24(30-4)22(14-17)29-3/h5-15H,1-4H3,(H,26,27)/b10-7+. The van der Waals surface area contributed by atoms with Crippen LogP contribution in [0.25, 0.3) is 6.08 Å². The molecule has 0 aliphatic carbocycles. The van der Waals surface area contributed by atoms with Crippen molar-refractivity contribution < 1.29 is 23.7 Å². The molecular weight excluding hydrogens is 396 g/mol. The number of hydrogen-bond acceptors (Lipinski definition) is 6. The molecule has 0 saturated carbocycles. The van der Waals surface area contributed by atoms with Crippen LogP contribution in [0.4, 0.5) is 5.69 Å². The van der Waals surface area contributed by atoms with Crippen LogP contribution in [0.5, 0.6) is 28.7 Å². The highest BCUT2D eigenvalue weighted by atomic mass is 16.5. The van der Waals surface area contributed by atoms with Crippen molar-refractivity contribution in [3.8, 4) is 28.7 Å². The van der Waals surface area contributed by atoms with Gasteiger partial charge in [0.25, 0.3) is 0 Å². The number of carbonyl (C=O) groups is 1. The molecule has 1 N–H and O–H groups in total. The molecule has 7 heteroatoms. The minimum atomic E-state index is -0.269. The van der Waals surface area contributed by atoms with Gasteiger partial charge in [0.1, 0.15) is 11.5 Å². The molecule has 31 heavy (non-hydrogen) atoms. The molecule has 7 nitrogen and oxygen atoms in total. The molecule has 2 aromatic carbocycles. The number of ether oxygens (including phenoxy) is 4. The van der Waals surface area contributed by atoms with Crippen molar-refractivity contribution >= 4 is 17.7 Å². The molecule has 3 rings (SSSR count). The van der Waals surface area contributed by atoms with Crippen LogP contribution in [0.15, 0.2) is 60.9 Å². The van der Waals surface area contributed by atoms with Gasteiger partial charge in [0.2, 0.25) is 11.7 Å².